The molecule has 21 heavy (non-hydrogen) atoms. The van der Waals surface area contributed by atoms with E-state index in [0.29, 0.717) is 13.0 Å². The van der Waals surface area contributed by atoms with Crippen molar-refractivity contribution in [1.29, 1.82) is 5.26 Å². The van der Waals surface area contributed by atoms with Crippen molar-refractivity contribution in [2.45, 2.75) is 52.5 Å². The topological polar surface area (TPSA) is 45.0 Å². The highest BCUT2D eigenvalue weighted by Crippen LogP contribution is 2.49. The number of nitriles is 1. The predicted octanol–water partition coefficient (Wildman–Crippen LogP) is 4.13. The standard InChI is InChI=1S/C18H26N2O/c1-4-11-20-15(3)16-6-5-14(2)12-17(16)21-13-18(7-8-18)9-10-19/h5-6,12,15,20H,4,7-9,11,13H2,1-3H3. The van der Waals surface area contributed by atoms with Gasteiger partial charge in [-0.1, -0.05) is 19.1 Å². The molecule has 3 nitrogen and oxygen atoms in total. The molecule has 1 N–H and O–H groups in total. The lowest BCUT2D eigenvalue weighted by atomic mass is 10.0. The summed E-state index contributed by atoms with van der Waals surface area (Å²) in [6.07, 6.45) is 3.96. The number of ether oxygens (including phenoxy) is 1. The molecule has 1 saturated carbocycles. The highest BCUT2D eigenvalue weighted by molar-refractivity contribution is 5.39. The van der Waals surface area contributed by atoms with Crippen LogP contribution in [0.3, 0.4) is 0 Å². The van der Waals surface area contributed by atoms with Gasteiger partial charge in [0.1, 0.15) is 5.75 Å². The molecule has 1 aromatic rings. The van der Waals surface area contributed by atoms with Crippen molar-refractivity contribution in [3.05, 3.63) is 29.3 Å². The SMILES string of the molecule is CCCNC(C)c1ccc(C)cc1OCC1(CC#N)CC1. The van der Waals surface area contributed by atoms with Crippen LogP contribution >= 0.6 is 0 Å². The molecule has 2 rings (SSSR count). The average Bonchev–Trinajstić information content (AvgIpc) is 3.23. The zero-order chi connectivity index (χ0) is 15.3. The maximum atomic E-state index is 8.91. The fourth-order valence-corrected chi connectivity index (χ4v) is 2.54. The Morgan fingerprint density at radius 3 is 2.81 bits per heavy atom. The van der Waals surface area contributed by atoms with E-state index in [9.17, 15) is 0 Å². The number of rotatable bonds is 8. The number of nitrogens with zero attached hydrogens (tertiary/aromatic N) is 1. The van der Waals surface area contributed by atoms with Gasteiger partial charge in [-0.3, -0.25) is 0 Å². The first kappa shape index (κ1) is 15.9. The molecular weight excluding hydrogens is 260 g/mol. The number of benzene rings is 1. The molecule has 1 atom stereocenters. The largest absolute Gasteiger partial charge is 0.493 e. The summed E-state index contributed by atoms with van der Waals surface area (Å²) in [4.78, 5) is 0. The summed E-state index contributed by atoms with van der Waals surface area (Å²) in [6.45, 7) is 8.10. The smallest absolute Gasteiger partial charge is 0.124 e. The third-order valence-electron chi connectivity index (χ3n) is 4.28. The van der Waals surface area contributed by atoms with Crippen LogP contribution in [0.25, 0.3) is 0 Å². The van der Waals surface area contributed by atoms with Gasteiger partial charge in [-0.2, -0.15) is 5.26 Å². The summed E-state index contributed by atoms with van der Waals surface area (Å²) in [5, 5.41) is 12.4. The highest BCUT2D eigenvalue weighted by atomic mass is 16.5. The molecule has 114 valence electrons. The second kappa shape index (κ2) is 6.95. The van der Waals surface area contributed by atoms with E-state index in [1.54, 1.807) is 0 Å². The van der Waals surface area contributed by atoms with Crippen molar-refractivity contribution in [3.63, 3.8) is 0 Å². The first-order valence-corrected chi connectivity index (χ1v) is 7.94. The third-order valence-corrected chi connectivity index (χ3v) is 4.28. The van der Waals surface area contributed by atoms with Crippen LogP contribution < -0.4 is 10.1 Å². The zero-order valence-corrected chi connectivity index (χ0v) is 13.4. The molecule has 1 aliphatic rings. The Balaban J connectivity index is 2.06. The fourth-order valence-electron chi connectivity index (χ4n) is 2.54. The van der Waals surface area contributed by atoms with Crippen LogP contribution in [0.4, 0.5) is 0 Å². The van der Waals surface area contributed by atoms with Gasteiger partial charge in [0, 0.05) is 23.4 Å². The first-order valence-electron chi connectivity index (χ1n) is 7.94. The van der Waals surface area contributed by atoms with E-state index in [-0.39, 0.29) is 11.5 Å². The number of hydrogen-bond acceptors (Lipinski definition) is 3. The van der Waals surface area contributed by atoms with E-state index in [1.165, 1.54) is 11.1 Å². The molecule has 1 unspecified atom stereocenters. The Hall–Kier alpha value is -1.53. The maximum absolute atomic E-state index is 8.91. The summed E-state index contributed by atoms with van der Waals surface area (Å²) in [5.41, 5.74) is 2.54. The van der Waals surface area contributed by atoms with E-state index in [2.05, 4.69) is 50.4 Å². The van der Waals surface area contributed by atoms with Crippen molar-refractivity contribution in [2.24, 2.45) is 5.41 Å². The van der Waals surface area contributed by atoms with E-state index in [1.807, 2.05) is 0 Å². The van der Waals surface area contributed by atoms with Crippen LogP contribution in [0, 0.1) is 23.7 Å². The lowest BCUT2D eigenvalue weighted by Crippen LogP contribution is -2.21. The van der Waals surface area contributed by atoms with Gasteiger partial charge in [0.05, 0.1) is 12.7 Å². The van der Waals surface area contributed by atoms with E-state index in [0.717, 1.165) is 31.6 Å². The van der Waals surface area contributed by atoms with Crippen molar-refractivity contribution in [3.8, 4) is 11.8 Å². The minimum absolute atomic E-state index is 0.121. The van der Waals surface area contributed by atoms with Crippen molar-refractivity contribution < 1.29 is 4.74 Å². The molecule has 0 spiro atoms. The summed E-state index contributed by atoms with van der Waals surface area (Å²) in [7, 11) is 0. The predicted molar refractivity (Wildman–Crippen MR) is 85.3 cm³/mol. The fraction of sp³-hybridized carbons (Fsp3) is 0.611. The third kappa shape index (κ3) is 4.22. The van der Waals surface area contributed by atoms with Gasteiger partial charge in [-0.05, 0) is 51.3 Å². The van der Waals surface area contributed by atoms with Gasteiger partial charge in [-0.15, -0.1) is 0 Å². The number of aryl methyl sites for hydroxylation is 1. The Bertz CT molecular complexity index is 514. The van der Waals surface area contributed by atoms with E-state index < -0.39 is 0 Å². The normalized spacial score (nSPS) is 17.0. The van der Waals surface area contributed by atoms with Crippen LogP contribution in [0.1, 0.15) is 56.7 Å². The highest BCUT2D eigenvalue weighted by Gasteiger charge is 2.43. The van der Waals surface area contributed by atoms with Gasteiger partial charge in [-0.25, -0.2) is 0 Å². The number of nitrogens with one attached hydrogen (secondary N) is 1. The van der Waals surface area contributed by atoms with Gasteiger partial charge in [0.2, 0.25) is 0 Å². The molecule has 1 aliphatic carbocycles. The van der Waals surface area contributed by atoms with Gasteiger partial charge >= 0.3 is 0 Å². The molecule has 3 heteroatoms. The maximum Gasteiger partial charge on any atom is 0.124 e. The summed E-state index contributed by atoms with van der Waals surface area (Å²) in [5.74, 6) is 0.968. The Kier molecular flexibility index (Phi) is 5.25. The lowest BCUT2D eigenvalue weighted by molar-refractivity contribution is 0.233. The van der Waals surface area contributed by atoms with Crippen LogP contribution in [0.2, 0.25) is 0 Å². The molecule has 0 saturated heterocycles. The molecular formula is C18H26N2O. The molecule has 0 radical (unpaired) electrons. The molecule has 0 aromatic heterocycles. The monoisotopic (exact) mass is 286 g/mol. The first-order chi connectivity index (χ1) is 10.1. The summed E-state index contributed by atoms with van der Waals surface area (Å²) in [6, 6.07) is 8.98. The molecule has 1 fully saturated rings. The van der Waals surface area contributed by atoms with Crippen LogP contribution in [-0.4, -0.2) is 13.2 Å². The average molecular weight is 286 g/mol. The van der Waals surface area contributed by atoms with Crippen LogP contribution in [0.5, 0.6) is 5.75 Å². The van der Waals surface area contributed by atoms with Gasteiger partial charge < -0.3 is 10.1 Å². The summed E-state index contributed by atoms with van der Waals surface area (Å²) >= 11 is 0. The second-order valence-corrected chi connectivity index (χ2v) is 6.34. The Morgan fingerprint density at radius 1 is 1.43 bits per heavy atom. The molecule has 1 aromatic carbocycles. The van der Waals surface area contributed by atoms with Gasteiger partial charge in [0.15, 0.2) is 0 Å². The lowest BCUT2D eigenvalue weighted by Gasteiger charge is -2.20. The summed E-state index contributed by atoms with van der Waals surface area (Å²) < 4.78 is 6.11. The molecule has 0 amide bonds. The second-order valence-electron chi connectivity index (χ2n) is 6.34. The Morgan fingerprint density at radius 2 is 2.19 bits per heavy atom. The number of hydrogen-bond donors (Lipinski definition) is 1. The van der Waals surface area contributed by atoms with Crippen molar-refractivity contribution in [2.75, 3.05) is 13.2 Å². The van der Waals surface area contributed by atoms with Crippen LogP contribution in [0.15, 0.2) is 18.2 Å². The quantitative estimate of drug-likeness (QED) is 0.781. The molecule has 0 heterocycles. The molecule has 0 aliphatic heterocycles. The Labute approximate surface area is 128 Å². The minimum Gasteiger partial charge on any atom is -0.493 e. The minimum atomic E-state index is 0.121. The van der Waals surface area contributed by atoms with E-state index in [4.69, 9.17) is 10.00 Å². The van der Waals surface area contributed by atoms with Crippen LogP contribution in [-0.2, 0) is 0 Å². The van der Waals surface area contributed by atoms with E-state index >= 15 is 0 Å². The van der Waals surface area contributed by atoms with Crippen molar-refractivity contribution >= 4 is 0 Å². The van der Waals surface area contributed by atoms with Gasteiger partial charge in [0.25, 0.3) is 0 Å². The van der Waals surface area contributed by atoms with Crippen molar-refractivity contribution in [1.82, 2.24) is 5.32 Å². The zero-order valence-electron chi connectivity index (χ0n) is 13.4. The molecule has 0 bridgehead atoms.